The molecule has 0 bridgehead atoms. The van der Waals surface area contributed by atoms with Gasteiger partial charge in [-0.15, -0.1) is 30.6 Å². The molecule has 0 radical (unpaired) electrons. The standard InChI is InChI=1S/C22H36N4.HI/c1-5-15-26-16-12-21(13-17-26)25-22(23-4)24-14-6-7-19-8-10-20(11-9-19)18(2)3;/h5,8-11,18,21H,1,6-7,12-17H2,2-4H3,(H2,23,24,25);1H. The molecular weight excluding hydrogens is 447 g/mol. The van der Waals surface area contributed by atoms with Gasteiger partial charge >= 0.3 is 0 Å². The van der Waals surface area contributed by atoms with Crippen LogP contribution in [0.2, 0.25) is 0 Å². The molecule has 4 nitrogen and oxygen atoms in total. The molecule has 0 unspecified atom stereocenters. The van der Waals surface area contributed by atoms with E-state index in [1.807, 2.05) is 13.1 Å². The van der Waals surface area contributed by atoms with Gasteiger partial charge in [-0.2, -0.15) is 0 Å². The molecule has 5 heteroatoms. The number of likely N-dealkylation sites (tertiary alicyclic amines) is 1. The Kier molecular flexibility index (Phi) is 11.7. The van der Waals surface area contributed by atoms with Gasteiger partial charge in [0.05, 0.1) is 0 Å². The van der Waals surface area contributed by atoms with Crippen LogP contribution in [0.4, 0.5) is 0 Å². The van der Waals surface area contributed by atoms with E-state index in [-0.39, 0.29) is 24.0 Å². The second kappa shape index (κ2) is 13.2. The fourth-order valence-corrected chi connectivity index (χ4v) is 3.40. The zero-order valence-electron chi connectivity index (χ0n) is 17.2. The molecule has 1 saturated heterocycles. The highest BCUT2D eigenvalue weighted by Gasteiger charge is 2.18. The van der Waals surface area contributed by atoms with Gasteiger partial charge in [0.2, 0.25) is 0 Å². The molecule has 0 aliphatic carbocycles. The smallest absolute Gasteiger partial charge is 0.191 e. The minimum Gasteiger partial charge on any atom is -0.356 e. The number of aryl methyl sites for hydroxylation is 1. The molecule has 1 aromatic carbocycles. The van der Waals surface area contributed by atoms with E-state index in [2.05, 4.69) is 65.2 Å². The zero-order chi connectivity index (χ0) is 18.8. The van der Waals surface area contributed by atoms with E-state index in [1.165, 1.54) is 11.1 Å². The van der Waals surface area contributed by atoms with Crippen LogP contribution in [0.5, 0.6) is 0 Å². The summed E-state index contributed by atoms with van der Waals surface area (Å²) < 4.78 is 0. The Morgan fingerprint density at radius 1 is 1.26 bits per heavy atom. The lowest BCUT2D eigenvalue weighted by Gasteiger charge is -2.32. The maximum Gasteiger partial charge on any atom is 0.191 e. The lowest BCUT2D eigenvalue weighted by molar-refractivity contribution is 0.225. The van der Waals surface area contributed by atoms with Crippen LogP contribution in [-0.4, -0.2) is 50.1 Å². The third kappa shape index (κ3) is 8.64. The fourth-order valence-electron chi connectivity index (χ4n) is 3.40. The Hall–Kier alpha value is -1.08. The molecule has 0 aromatic heterocycles. The summed E-state index contributed by atoms with van der Waals surface area (Å²) in [6.07, 6.45) is 6.53. The molecular formula is C22H37IN4. The highest BCUT2D eigenvalue weighted by Crippen LogP contribution is 2.15. The average Bonchev–Trinajstić information content (AvgIpc) is 2.66. The van der Waals surface area contributed by atoms with E-state index < -0.39 is 0 Å². The minimum atomic E-state index is 0. The predicted octanol–water partition coefficient (Wildman–Crippen LogP) is 4.18. The molecule has 1 fully saturated rings. The lowest BCUT2D eigenvalue weighted by Crippen LogP contribution is -2.48. The van der Waals surface area contributed by atoms with Crippen LogP contribution >= 0.6 is 24.0 Å². The fraction of sp³-hybridized carbons (Fsp3) is 0.591. The maximum atomic E-state index is 4.38. The topological polar surface area (TPSA) is 39.7 Å². The summed E-state index contributed by atoms with van der Waals surface area (Å²) in [5, 5.41) is 7.04. The van der Waals surface area contributed by atoms with Crippen LogP contribution in [0.25, 0.3) is 0 Å². The molecule has 1 heterocycles. The maximum absolute atomic E-state index is 4.38. The number of guanidine groups is 1. The van der Waals surface area contributed by atoms with Crippen LogP contribution in [0.1, 0.15) is 50.2 Å². The molecule has 1 aromatic rings. The van der Waals surface area contributed by atoms with Crippen molar-refractivity contribution in [2.24, 2.45) is 4.99 Å². The second-order valence-electron chi connectivity index (χ2n) is 7.51. The molecule has 0 amide bonds. The van der Waals surface area contributed by atoms with Crippen LogP contribution in [0.3, 0.4) is 0 Å². The zero-order valence-corrected chi connectivity index (χ0v) is 19.5. The van der Waals surface area contributed by atoms with Gasteiger partial charge in [0.25, 0.3) is 0 Å². The Balaban J connectivity index is 0.00000364. The molecule has 2 N–H and O–H groups in total. The Morgan fingerprint density at radius 3 is 2.48 bits per heavy atom. The summed E-state index contributed by atoms with van der Waals surface area (Å²) in [7, 11) is 1.85. The summed E-state index contributed by atoms with van der Waals surface area (Å²) in [5.41, 5.74) is 2.82. The molecule has 0 atom stereocenters. The van der Waals surface area contributed by atoms with E-state index in [4.69, 9.17) is 0 Å². The number of hydrogen-bond acceptors (Lipinski definition) is 2. The summed E-state index contributed by atoms with van der Waals surface area (Å²) >= 11 is 0. The first kappa shape index (κ1) is 24.0. The number of rotatable bonds is 8. The monoisotopic (exact) mass is 484 g/mol. The van der Waals surface area contributed by atoms with Gasteiger partial charge in [0.1, 0.15) is 0 Å². The van der Waals surface area contributed by atoms with Gasteiger partial charge < -0.3 is 10.6 Å². The van der Waals surface area contributed by atoms with Gasteiger partial charge in [-0.1, -0.05) is 44.2 Å². The number of aliphatic imine (C=N–C) groups is 1. The van der Waals surface area contributed by atoms with Gasteiger partial charge in [0.15, 0.2) is 5.96 Å². The SMILES string of the molecule is C=CCN1CCC(NC(=NC)NCCCc2ccc(C(C)C)cc2)CC1.I. The van der Waals surface area contributed by atoms with Crippen molar-refractivity contribution in [2.75, 3.05) is 33.2 Å². The first-order chi connectivity index (χ1) is 12.6. The van der Waals surface area contributed by atoms with Crippen LogP contribution in [-0.2, 0) is 6.42 Å². The lowest BCUT2D eigenvalue weighted by atomic mass is 10.0. The largest absolute Gasteiger partial charge is 0.356 e. The van der Waals surface area contributed by atoms with Crippen molar-refractivity contribution in [1.82, 2.24) is 15.5 Å². The number of hydrogen-bond donors (Lipinski definition) is 2. The third-order valence-electron chi connectivity index (χ3n) is 5.12. The van der Waals surface area contributed by atoms with Crippen molar-refractivity contribution >= 4 is 29.9 Å². The highest BCUT2D eigenvalue weighted by molar-refractivity contribution is 14.0. The van der Waals surface area contributed by atoms with Crippen molar-refractivity contribution in [3.05, 3.63) is 48.0 Å². The van der Waals surface area contributed by atoms with Crippen molar-refractivity contribution < 1.29 is 0 Å². The number of piperidine rings is 1. The second-order valence-corrected chi connectivity index (χ2v) is 7.51. The van der Waals surface area contributed by atoms with E-state index in [9.17, 15) is 0 Å². The number of nitrogens with zero attached hydrogens (tertiary/aromatic N) is 2. The number of benzene rings is 1. The normalized spacial score (nSPS) is 16.1. The van der Waals surface area contributed by atoms with E-state index >= 15 is 0 Å². The van der Waals surface area contributed by atoms with Crippen LogP contribution in [0.15, 0.2) is 41.9 Å². The Bertz CT molecular complexity index is 560. The first-order valence-electron chi connectivity index (χ1n) is 10.0. The Labute approximate surface area is 182 Å². The van der Waals surface area contributed by atoms with E-state index in [0.29, 0.717) is 12.0 Å². The summed E-state index contributed by atoms with van der Waals surface area (Å²) in [6, 6.07) is 9.56. The van der Waals surface area contributed by atoms with E-state index in [1.54, 1.807) is 0 Å². The van der Waals surface area contributed by atoms with Gasteiger partial charge in [-0.25, -0.2) is 0 Å². The van der Waals surface area contributed by atoms with Crippen LogP contribution in [0, 0.1) is 0 Å². The predicted molar refractivity (Wildman–Crippen MR) is 128 cm³/mol. The summed E-state index contributed by atoms with van der Waals surface area (Å²) in [5.74, 6) is 1.53. The molecule has 152 valence electrons. The minimum absolute atomic E-state index is 0. The first-order valence-corrected chi connectivity index (χ1v) is 10.0. The molecule has 0 saturated carbocycles. The molecule has 0 spiro atoms. The highest BCUT2D eigenvalue weighted by atomic mass is 127. The number of halogens is 1. The van der Waals surface area contributed by atoms with Crippen molar-refractivity contribution in [3.8, 4) is 0 Å². The van der Waals surface area contributed by atoms with Crippen molar-refractivity contribution in [2.45, 2.75) is 51.5 Å². The average molecular weight is 484 g/mol. The van der Waals surface area contributed by atoms with Gasteiger partial charge in [-0.3, -0.25) is 9.89 Å². The third-order valence-corrected chi connectivity index (χ3v) is 5.12. The summed E-state index contributed by atoms with van der Waals surface area (Å²) in [6.45, 7) is 12.5. The Morgan fingerprint density at radius 2 is 1.93 bits per heavy atom. The molecule has 1 aliphatic heterocycles. The molecule has 2 rings (SSSR count). The summed E-state index contributed by atoms with van der Waals surface area (Å²) in [4.78, 5) is 6.83. The molecule has 1 aliphatic rings. The van der Waals surface area contributed by atoms with Crippen molar-refractivity contribution in [3.63, 3.8) is 0 Å². The number of nitrogens with one attached hydrogen (secondary N) is 2. The van der Waals surface area contributed by atoms with Crippen LogP contribution < -0.4 is 10.6 Å². The van der Waals surface area contributed by atoms with Gasteiger partial charge in [0, 0.05) is 39.3 Å². The van der Waals surface area contributed by atoms with E-state index in [0.717, 1.165) is 57.8 Å². The molecule has 27 heavy (non-hydrogen) atoms. The van der Waals surface area contributed by atoms with Gasteiger partial charge in [-0.05, 0) is 42.7 Å². The van der Waals surface area contributed by atoms with Crippen molar-refractivity contribution in [1.29, 1.82) is 0 Å². The quantitative estimate of drug-likeness (QED) is 0.191.